The van der Waals surface area contributed by atoms with E-state index < -0.39 is 11.2 Å². The number of aromatic nitrogens is 2. The molecule has 5 N–H and O–H groups in total. The first kappa shape index (κ1) is 28.7. The minimum atomic E-state index is -0.970. The first-order valence-electron chi connectivity index (χ1n) is 13.7. The molecule has 39 heavy (non-hydrogen) atoms. The summed E-state index contributed by atoms with van der Waals surface area (Å²) in [5, 5.41) is 2.77. The number of nitrogens with two attached hydrogens (primary N) is 2. The number of carbonyl (C=O) groups excluding carboxylic acids is 2. The van der Waals surface area contributed by atoms with Crippen LogP contribution in [0.1, 0.15) is 46.1 Å². The van der Waals surface area contributed by atoms with Gasteiger partial charge >= 0.3 is 11.7 Å². The number of rotatable bonds is 6. The molecule has 0 radical (unpaired) electrons. The van der Waals surface area contributed by atoms with E-state index in [0.29, 0.717) is 31.4 Å². The molecule has 4 rings (SSSR count). The van der Waals surface area contributed by atoms with Crippen molar-refractivity contribution in [1.29, 1.82) is 0 Å². The number of carbonyl (C=O) groups is 2. The average molecular weight is 539 g/mol. The predicted molar refractivity (Wildman–Crippen MR) is 152 cm³/mol. The molecule has 2 aromatic rings. The lowest BCUT2D eigenvalue weighted by atomic mass is 9.97. The number of piperazine rings is 1. The van der Waals surface area contributed by atoms with Crippen molar-refractivity contribution in [1.82, 2.24) is 24.3 Å². The van der Waals surface area contributed by atoms with Gasteiger partial charge in [0.2, 0.25) is 5.91 Å². The van der Waals surface area contributed by atoms with Crippen LogP contribution in [0.3, 0.4) is 0 Å². The fourth-order valence-corrected chi connectivity index (χ4v) is 5.21. The third kappa shape index (κ3) is 7.03. The van der Waals surface area contributed by atoms with Gasteiger partial charge < -0.3 is 21.3 Å². The maximum Gasteiger partial charge on any atom is 0.354 e. The molecule has 1 atom stereocenters. The van der Waals surface area contributed by atoms with Gasteiger partial charge in [0.15, 0.2) is 0 Å². The number of piperidine rings is 1. The smallest absolute Gasteiger partial charge is 0.337 e. The van der Waals surface area contributed by atoms with Gasteiger partial charge in [0.25, 0.3) is 0 Å². The Morgan fingerprint density at radius 1 is 1.08 bits per heavy atom. The summed E-state index contributed by atoms with van der Waals surface area (Å²) >= 11 is 0. The van der Waals surface area contributed by atoms with Crippen LogP contribution in [-0.2, 0) is 11.3 Å². The van der Waals surface area contributed by atoms with Gasteiger partial charge in [-0.15, -0.1) is 0 Å². The van der Waals surface area contributed by atoms with Crippen LogP contribution in [0.2, 0.25) is 0 Å². The number of amides is 3. The summed E-state index contributed by atoms with van der Waals surface area (Å²) in [6, 6.07) is 9.24. The van der Waals surface area contributed by atoms with Gasteiger partial charge in [-0.2, -0.15) is 4.98 Å². The van der Waals surface area contributed by atoms with Gasteiger partial charge in [-0.05, 0) is 69.5 Å². The van der Waals surface area contributed by atoms with E-state index in [1.54, 1.807) is 35.9 Å². The number of benzene rings is 1. The van der Waals surface area contributed by atoms with Crippen LogP contribution in [0.25, 0.3) is 5.69 Å². The van der Waals surface area contributed by atoms with Crippen LogP contribution in [0.5, 0.6) is 0 Å². The van der Waals surface area contributed by atoms with Crippen molar-refractivity contribution in [3.8, 4) is 5.69 Å². The van der Waals surface area contributed by atoms with Crippen molar-refractivity contribution in [2.75, 3.05) is 38.0 Å². The lowest BCUT2D eigenvalue weighted by Crippen LogP contribution is -2.62. The number of hydrogen-bond donors (Lipinski definition) is 3. The Hall–Kier alpha value is -3.28. The quantitative estimate of drug-likeness (QED) is 0.507. The molecule has 0 spiro atoms. The maximum atomic E-state index is 13.2. The predicted octanol–water partition coefficient (Wildman–Crippen LogP) is 1.59. The van der Waals surface area contributed by atoms with E-state index in [1.807, 2.05) is 38.1 Å². The Morgan fingerprint density at radius 2 is 1.74 bits per heavy atom. The highest BCUT2D eigenvalue weighted by Crippen LogP contribution is 2.21. The van der Waals surface area contributed by atoms with Crippen LogP contribution >= 0.6 is 0 Å². The van der Waals surface area contributed by atoms with Crippen molar-refractivity contribution in [2.45, 2.75) is 64.7 Å². The summed E-state index contributed by atoms with van der Waals surface area (Å²) < 4.78 is 1.45. The molecule has 0 saturated carbocycles. The van der Waals surface area contributed by atoms with Crippen molar-refractivity contribution in [3.63, 3.8) is 0 Å². The summed E-state index contributed by atoms with van der Waals surface area (Å²) in [5.41, 5.74) is 12.5. The molecule has 11 nitrogen and oxygen atoms in total. The molecule has 0 bridgehead atoms. The highest BCUT2D eigenvalue weighted by molar-refractivity contribution is 5.89. The zero-order valence-electron chi connectivity index (χ0n) is 23.5. The van der Waals surface area contributed by atoms with E-state index >= 15 is 0 Å². The summed E-state index contributed by atoms with van der Waals surface area (Å²) in [5.74, 6) is 0.164. The first-order valence-corrected chi connectivity index (χ1v) is 13.7. The molecule has 0 aliphatic carbocycles. The lowest BCUT2D eigenvalue weighted by molar-refractivity contribution is -0.138. The number of nitrogens with one attached hydrogen (secondary N) is 1. The lowest BCUT2D eigenvalue weighted by Gasteiger charge is -2.44. The van der Waals surface area contributed by atoms with E-state index in [0.717, 1.165) is 32.5 Å². The molecular weight excluding hydrogens is 496 g/mol. The molecular formula is C28H42N8O3. The van der Waals surface area contributed by atoms with Crippen LogP contribution in [-0.4, -0.2) is 86.5 Å². The number of nitrogens with zero attached hydrogens (tertiary/aromatic N) is 5. The van der Waals surface area contributed by atoms with Crippen LogP contribution in [0.4, 0.5) is 10.6 Å². The van der Waals surface area contributed by atoms with Gasteiger partial charge in [0.05, 0.1) is 17.3 Å². The SMILES string of the molecule is CC(C)C1CN(C(=O)C(C)(C)N)CCN1C(=O)Nc1ccn(-c2ccc(CN3CCC(N)CC3)cc2)c(=O)n1. The van der Waals surface area contributed by atoms with Crippen molar-refractivity contribution >= 4 is 17.8 Å². The number of anilines is 1. The Balaban J connectivity index is 1.39. The molecule has 11 heteroatoms. The molecule has 2 fully saturated rings. The molecule has 1 aromatic heterocycles. The zero-order chi connectivity index (χ0) is 28.3. The minimum Gasteiger partial charge on any atom is -0.337 e. The highest BCUT2D eigenvalue weighted by Gasteiger charge is 2.37. The number of hydrogen-bond acceptors (Lipinski definition) is 7. The summed E-state index contributed by atoms with van der Waals surface area (Å²) in [6.45, 7) is 11.4. The molecule has 3 heterocycles. The van der Waals surface area contributed by atoms with Crippen LogP contribution in [0, 0.1) is 5.92 Å². The second-order valence-corrected chi connectivity index (χ2v) is 11.7. The van der Waals surface area contributed by atoms with Gasteiger partial charge in [0.1, 0.15) is 5.82 Å². The topological polar surface area (TPSA) is 143 Å². The van der Waals surface area contributed by atoms with Crippen LogP contribution < -0.4 is 22.5 Å². The molecule has 2 aliphatic heterocycles. The standard InChI is InChI=1S/C28H42N8O3/c1-19(2)23-18-34(25(37)28(3,4)30)15-16-36(23)27(39)32-24-11-14-35(26(38)31-24)22-7-5-20(6-8-22)17-33-12-9-21(29)10-13-33/h5-8,11,14,19,21,23H,9-10,12-13,15-18,29-30H2,1-4H3,(H,31,32,38,39). The minimum absolute atomic E-state index is 0.114. The molecule has 3 amide bonds. The first-order chi connectivity index (χ1) is 18.4. The maximum absolute atomic E-state index is 13.2. The van der Waals surface area contributed by atoms with Gasteiger partial charge in [0, 0.05) is 38.4 Å². The Kier molecular flexibility index (Phi) is 8.73. The Labute approximate surface area is 230 Å². The summed E-state index contributed by atoms with van der Waals surface area (Å²) in [4.78, 5) is 48.6. The molecule has 2 saturated heterocycles. The van der Waals surface area contributed by atoms with Crippen LogP contribution in [0.15, 0.2) is 41.3 Å². The van der Waals surface area contributed by atoms with Gasteiger partial charge in [-0.25, -0.2) is 9.59 Å². The molecule has 2 aliphatic rings. The Bertz CT molecular complexity index is 1210. The van der Waals surface area contributed by atoms with E-state index in [1.165, 1.54) is 10.1 Å². The fourth-order valence-electron chi connectivity index (χ4n) is 5.21. The molecule has 212 valence electrons. The number of likely N-dealkylation sites (tertiary alicyclic amines) is 1. The zero-order valence-corrected chi connectivity index (χ0v) is 23.5. The fraction of sp³-hybridized carbons (Fsp3) is 0.571. The van der Waals surface area contributed by atoms with Crippen molar-refractivity contribution in [2.24, 2.45) is 17.4 Å². The van der Waals surface area contributed by atoms with Gasteiger partial charge in [-0.1, -0.05) is 26.0 Å². The van der Waals surface area contributed by atoms with E-state index in [-0.39, 0.29) is 29.7 Å². The van der Waals surface area contributed by atoms with E-state index in [2.05, 4.69) is 15.2 Å². The third-order valence-electron chi connectivity index (χ3n) is 7.58. The molecule has 1 aromatic carbocycles. The average Bonchev–Trinajstić information content (AvgIpc) is 2.89. The van der Waals surface area contributed by atoms with Gasteiger partial charge in [-0.3, -0.25) is 19.6 Å². The van der Waals surface area contributed by atoms with Crippen molar-refractivity contribution in [3.05, 3.63) is 52.6 Å². The third-order valence-corrected chi connectivity index (χ3v) is 7.58. The summed E-state index contributed by atoms with van der Waals surface area (Å²) in [7, 11) is 0. The second kappa shape index (κ2) is 11.8. The Morgan fingerprint density at radius 3 is 2.33 bits per heavy atom. The molecule has 1 unspecified atom stereocenters. The van der Waals surface area contributed by atoms with E-state index in [4.69, 9.17) is 11.5 Å². The number of urea groups is 1. The normalized spacial score (nSPS) is 19.4. The largest absolute Gasteiger partial charge is 0.354 e. The summed E-state index contributed by atoms with van der Waals surface area (Å²) in [6.07, 6.45) is 3.65. The second-order valence-electron chi connectivity index (χ2n) is 11.7. The van der Waals surface area contributed by atoms with Crippen molar-refractivity contribution < 1.29 is 9.59 Å². The highest BCUT2D eigenvalue weighted by atomic mass is 16.2. The monoisotopic (exact) mass is 538 g/mol. The van der Waals surface area contributed by atoms with E-state index in [9.17, 15) is 14.4 Å².